The Bertz CT molecular complexity index is 1110. The summed E-state index contributed by atoms with van der Waals surface area (Å²) in [6.07, 6.45) is 9.51. The van der Waals surface area contributed by atoms with Gasteiger partial charge in [-0.1, -0.05) is 0 Å². The van der Waals surface area contributed by atoms with Gasteiger partial charge in [0.2, 0.25) is 0 Å². The van der Waals surface area contributed by atoms with E-state index in [0.717, 1.165) is 34.7 Å². The van der Waals surface area contributed by atoms with Gasteiger partial charge in [0, 0.05) is 42.2 Å². The third-order valence-corrected chi connectivity index (χ3v) is 5.25. The highest BCUT2D eigenvalue weighted by atomic mass is 16.5. The van der Waals surface area contributed by atoms with Gasteiger partial charge in [-0.3, -0.25) is 0 Å². The highest BCUT2D eigenvalue weighted by Crippen LogP contribution is 2.54. The van der Waals surface area contributed by atoms with E-state index in [2.05, 4.69) is 53.4 Å². The number of imidazole rings is 2. The molecule has 5 nitrogen and oxygen atoms in total. The summed E-state index contributed by atoms with van der Waals surface area (Å²) in [5.41, 5.74) is 6.64. The van der Waals surface area contributed by atoms with Gasteiger partial charge in [0.25, 0.3) is 0 Å². The molecule has 1 aliphatic rings. The molecular weight excluding hydrogens is 312 g/mol. The zero-order valence-electron chi connectivity index (χ0n) is 14.6. The predicted octanol–water partition coefficient (Wildman–Crippen LogP) is 3.88. The molecule has 2 atom stereocenters. The Kier molecular flexibility index (Phi) is 2.95. The predicted molar refractivity (Wildman–Crippen MR) is 96.5 cm³/mol. The van der Waals surface area contributed by atoms with Crippen LogP contribution in [-0.2, 0) is 0 Å². The summed E-state index contributed by atoms with van der Waals surface area (Å²) < 4.78 is 9.61. The normalized spacial score (nSPS) is 19.6. The van der Waals surface area contributed by atoms with E-state index >= 15 is 0 Å². The number of rotatable bonds is 3. The second-order valence-corrected chi connectivity index (χ2v) is 6.99. The van der Waals surface area contributed by atoms with Crippen molar-refractivity contribution >= 4 is 11.3 Å². The minimum Gasteiger partial charge on any atom is -0.496 e. The number of nitrogens with zero attached hydrogens (tertiary/aromatic N) is 4. The molecule has 5 heteroatoms. The number of aromatic nitrogens is 4. The standard InChI is InChI=1S/C20H20N4O/c1-12-4-6-23-10-16(21-19(23)8-12)14-9-15(14)17-11-24-7-5-18(25-3)13(2)20(24)22-17/h4-8,10-11,14-15H,9H2,1-3H3. The molecule has 25 heavy (non-hydrogen) atoms. The quantitative estimate of drug-likeness (QED) is 0.572. The van der Waals surface area contributed by atoms with Crippen LogP contribution in [-0.4, -0.2) is 25.9 Å². The van der Waals surface area contributed by atoms with Gasteiger partial charge in [-0.2, -0.15) is 0 Å². The lowest BCUT2D eigenvalue weighted by Crippen LogP contribution is -1.92. The molecule has 4 heterocycles. The summed E-state index contributed by atoms with van der Waals surface area (Å²) in [5.74, 6) is 1.80. The van der Waals surface area contributed by atoms with Crippen molar-refractivity contribution in [1.82, 2.24) is 18.8 Å². The minimum atomic E-state index is 0.455. The first-order valence-corrected chi connectivity index (χ1v) is 8.61. The van der Waals surface area contributed by atoms with Gasteiger partial charge in [-0.05, 0) is 44.0 Å². The number of hydrogen-bond acceptors (Lipinski definition) is 3. The maximum atomic E-state index is 5.41. The zero-order chi connectivity index (χ0) is 17.1. The molecule has 0 amide bonds. The third-order valence-electron chi connectivity index (χ3n) is 5.25. The van der Waals surface area contributed by atoms with E-state index in [1.165, 1.54) is 11.3 Å². The Morgan fingerprint density at radius 2 is 1.72 bits per heavy atom. The largest absolute Gasteiger partial charge is 0.496 e. The van der Waals surface area contributed by atoms with Gasteiger partial charge < -0.3 is 13.5 Å². The second kappa shape index (κ2) is 5.09. The maximum absolute atomic E-state index is 5.41. The van der Waals surface area contributed by atoms with Crippen molar-refractivity contribution in [3.05, 3.63) is 65.5 Å². The van der Waals surface area contributed by atoms with E-state index in [-0.39, 0.29) is 0 Å². The fourth-order valence-electron chi connectivity index (χ4n) is 3.72. The van der Waals surface area contributed by atoms with Crippen molar-refractivity contribution in [2.45, 2.75) is 32.1 Å². The molecule has 0 spiro atoms. The topological polar surface area (TPSA) is 43.8 Å². The molecule has 126 valence electrons. The molecular formula is C20H20N4O. The van der Waals surface area contributed by atoms with Gasteiger partial charge in [-0.25, -0.2) is 9.97 Å². The highest BCUT2D eigenvalue weighted by molar-refractivity contribution is 5.56. The van der Waals surface area contributed by atoms with Crippen LogP contribution in [0.4, 0.5) is 0 Å². The van der Waals surface area contributed by atoms with Gasteiger partial charge in [0.15, 0.2) is 0 Å². The van der Waals surface area contributed by atoms with Gasteiger partial charge in [0.1, 0.15) is 17.0 Å². The van der Waals surface area contributed by atoms with Crippen molar-refractivity contribution in [3.8, 4) is 5.75 Å². The maximum Gasteiger partial charge on any atom is 0.143 e. The van der Waals surface area contributed by atoms with Crippen molar-refractivity contribution in [2.75, 3.05) is 7.11 Å². The average molecular weight is 332 g/mol. The Balaban J connectivity index is 1.48. The molecule has 1 fully saturated rings. The average Bonchev–Trinajstić information content (AvgIpc) is 3.10. The smallest absolute Gasteiger partial charge is 0.143 e. The summed E-state index contributed by atoms with van der Waals surface area (Å²) in [6.45, 7) is 4.15. The Labute approximate surface area is 145 Å². The molecule has 5 rings (SSSR count). The van der Waals surface area contributed by atoms with Crippen LogP contribution in [0.1, 0.15) is 40.8 Å². The molecule has 2 unspecified atom stereocenters. The number of hydrogen-bond donors (Lipinski definition) is 0. The van der Waals surface area contributed by atoms with E-state index in [1.807, 2.05) is 12.3 Å². The molecule has 0 bridgehead atoms. The number of ether oxygens (including phenoxy) is 1. The van der Waals surface area contributed by atoms with Crippen LogP contribution in [0.15, 0.2) is 43.0 Å². The van der Waals surface area contributed by atoms with Crippen LogP contribution in [0, 0.1) is 13.8 Å². The van der Waals surface area contributed by atoms with Gasteiger partial charge in [-0.15, -0.1) is 0 Å². The summed E-state index contributed by atoms with van der Waals surface area (Å²) in [4.78, 5) is 9.69. The lowest BCUT2D eigenvalue weighted by molar-refractivity contribution is 0.411. The molecule has 4 aromatic heterocycles. The summed E-state index contributed by atoms with van der Waals surface area (Å²) in [7, 11) is 1.70. The first-order valence-electron chi connectivity index (χ1n) is 8.61. The molecule has 1 aliphatic carbocycles. The van der Waals surface area contributed by atoms with Crippen molar-refractivity contribution < 1.29 is 4.74 Å². The van der Waals surface area contributed by atoms with Crippen molar-refractivity contribution in [3.63, 3.8) is 0 Å². The molecule has 4 aromatic rings. The van der Waals surface area contributed by atoms with E-state index < -0.39 is 0 Å². The molecule has 0 aromatic carbocycles. The van der Waals surface area contributed by atoms with E-state index in [1.54, 1.807) is 7.11 Å². The summed E-state index contributed by atoms with van der Waals surface area (Å²) in [6, 6.07) is 6.23. The van der Waals surface area contributed by atoms with E-state index in [4.69, 9.17) is 14.7 Å². The Morgan fingerprint density at radius 3 is 2.52 bits per heavy atom. The number of pyridine rings is 2. The molecule has 1 saturated carbocycles. The monoisotopic (exact) mass is 332 g/mol. The minimum absolute atomic E-state index is 0.455. The van der Waals surface area contributed by atoms with E-state index in [9.17, 15) is 0 Å². The molecule has 0 saturated heterocycles. The third kappa shape index (κ3) is 2.22. The highest BCUT2D eigenvalue weighted by Gasteiger charge is 2.43. The first-order chi connectivity index (χ1) is 12.1. The SMILES string of the molecule is COc1ccn2cc(C3CC3c3cn4ccc(C)cc4n3)nc2c1C. The lowest BCUT2D eigenvalue weighted by Gasteiger charge is -2.04. The first kappa shape index (κ1) is 14.5. The van der Waals surface area contributed by atoms with Crippen LogP contribution < -0.4 is 4.74 Å². The van der Waals surface area contributed by atoms with Gasteiger partial charge >= 0.3 is 0 Å². The molecule has 0 N–H and O–H groups in total. The fraction of sp³-hybridized carbons (Fsp3) is 0.300. The molecule has 0 aliphatic heterocycles. The van der Waals surface area contributed by atoms with Crippen LogP contribution in [0.5, 0.6) is 5.75 Å². The number of fused-ring (bicyclic) bond motifs is 2. The Hall–Kier alpha value is -2.82. The summed E-state index contributed by atoms with van der Waals surface area (Å²) in [5, 5.41) is 0. The number of aryl methyl sites for hydroxylation is 2. The van der Waals surface area contributed by atoms with Crippen molar-refractivity contribution in [1.29, 1.82) is 0 Å². The molecule has 0 radical (unpaired) electrons. The van der Waals surface area contributed by atoms with Crippen LogP contribution in [0.3, 0.4) is 0 Å². The number of methoxy groups -OCH3 is 1. The fourth-order valence-corrected chi connectivity index (χ4v) is 3.72. The van der Waals surface area contributed by atoms with Crippen LogP contribution in [0.2, 0.25) is 0 Å². The zero-order valence-corrected chi connectivity index (χ0v) is 14.6. The lowest BCUT2D eigenvalue weighted by atomic mass is 10.2. The van der Waals surface area contributed by atoms with Gasteiger partial charge in [0.05, 0.1) is 18.5 Å². The van der Waals surface area contributed by atoms with Crippen LogP contribution in [0.25, 0.3) is 11.3 Å². The van der Waals surface area contributed by atoms with E-state index in [0.29, 0.717) is 11.8 Å². The second-order valence-electron chi connectivity index (χ2n) is 6.99. The van der Waals surface area contributed by atoms with Crippen LogP contribution >= 0.6 is 0 Å². The summed E-state index contributed by atoms with van der Waals surface area (Å²) >= 11 is 0. The van der Waals surface area contributed by atoms with Crippen molar-refractivity contribution in [2.24, 2.45) is 0 Å². The Morgan fingerprint density at radius 1 is 1.00 bits per heavy atom.